The van der Waals surface area contributed by atoms with Gasteiger partial charge in [-0.3, -0.25) is 0 Å². The average molecular weight is 279 g/mol. The summed E-state index contributed by atoms with van der Waals surface area (Å²) >= 11 is 0. The Hall–Kier alpha value is -2.06. The Labute approximate surface area is 126 Å². The fourth-order valence-electron chi connectivity index (χ4n) is 3.03. The summed E-state index contributed by atoms with van der Waals surface area (Å²) in [5.74, 6) is 0. The molecule has 0 unspecified atom stereocenters. The van der Waals surface area contributed by atoms with Gasteiger partial charge in [0.2, 0.25) is 0 Å². The van der Waals surface area contributed by atoms with Crippen LogP contribution in [0.25, 0.3) is 0 Å². The molecule has 2 nitrogen and oxygen atoms in total. The summed E-state index contributed by atoms with van der Waals surface area (Å²) in [6.45, 7) is 5.21. The standard InChI is InChI=1S/C19H21NO/c1-2-21-13-7-12-20-19-17-10-5-3-8-15(17)14-16-9-4-6-11-18(16)19/h2-6,8-11,19-20H,1,7,12-14H2. The highest BCUT2D eigenvalue weighted by Gasteiger charge is 2.23. The molecule has 2 heteroatoms. The van der Waals surface area contributed by atoms with E-state index in [-0.39, 0.29) is 6.04 Å². The van der Waals surface area contributed by atoms with Gasteiger partial charge < -0.3 is 10.1 Å². The molecule has 0 spiro atoms. The predicted octanol–water partition coefficient (Wildman–Crippen LogP) is 3.82. The molecule has 108 valence electrons. The van der Waals surface area contributed by atoms with E-state index >= 15 is 0 Å². The maximum absolute atomic E-state index is 5.19. The first-order chi connectivity index (χ1) is 10.4. The molecule has 0 fully saturated rings. The van der Waals surface area contributed by atoms with Crippen LogP contribution in [0.5, 0.6) is 0 Å². The Morgan fingerprint density at radius 1 is 1.05 bits per heavy atom. The molecule has 2 aromatic carbocycles. The molecule has 0 atom stereocenters. The van der Waals surface area contributed by atoms with E-state index < -0.39 is 0 Å². The van der Waals surface area contributed by atoms with E-state index in [0.717, 1.165) is 19.4 Å². The fraction of sp³-hybridized carbons (Fsp3) is 0.263. The van der Waals surface area contributed by atoms with Crippen molar-refractivity contribution in [2.75, 3.05) is 13.2 Å². The molecular formula is C19H21NO. The smallest absolute Gasteiger partial charge is 0.0885 e. The third kappa shape index (κ3) is 3.01. The highest BCUT2D eigenvalue weighted by Crippen LogP contribution is 2.34. The van der Waals surface area contributed by atoms with Crippen molar-refractivity contribution in [3.05, 3.63) is 83.6 Å². The predicted molar refractivity (Wildman–Crippen MR) is 86.3 cm³/mol. The molecular weight excluding hydrogens is 258 g/mol. The second-order valence-corrected chi connectivity index (χ2v) is 5.35. The van der Waals surface area contributed by atoms with Crippen molar-refractivity contribution in [2.45, 2.75) is 18.9 Å². The topological polar surface area (TPSA) is 21.3 Å². The van der Waals surface area contributed by atoms with E-state index in [4.69, 9.17) is 4.74 Å². The van der Waals surface area contributed by atoms with Gasteiger partial charge in [-0.05, 0) is 41.6 Å². The molecule has 0 saturated carbocycles. The lowest BCUT2D eigenvalue weighted by atomic mass is 9.82. The first-order valence-electron chi connectivity index (χ1n) is 7.51. The van der Waals surface area contributed by atoms with Gasteiger partial charge in [0.15, 0.2) is 0 Å². The second kappa shape index (κ2) is 6.59. The molecule has 0 amide bonds. The number of nitrogens with one attached hydrogen (secondary N) is 1. The summed E-state index contributed by atoms with van der Waals surface area (Å²) in [7, 11) is 0. The summed E-state index contributed by atoms with van der Waals surface area (Å²) in [5, 5.41) is 3.68. The highest BCUT2D eigenvalue weighted by molar-refractivity contribution is 5.48. The molecule has 0 bridgehead atoms. The second-order valence-electron chi connectivity index (χ2n) is 5.35. The van der Waals surface area contributed by atoms with Crippen LogP contribution in [-0.4, -0.2) is 13.2 Å². The van der Waals surface area contributed by atoms with Crippen molar-refractivity contribution >= 4 is 0 Å². The van der Waals surface area contributed by atoms with E-state index in [1.54, 1.807) is 0 Å². The quantitative estimate of drug-likeness (QED) is 0.641. The van der Waals surface area contributed by atoms with Gasteiger partial charge in [-0.15, -0.1) is 0 Å². The van der Waals surface area contributed by atoms with Crippen molar-refractivity contribution in [2.24, 2.45) is 0 Å². The molecule has 0 saturated heterocycles. The number of hydrogen-bond acceptors (Lipinski definition) is 2. The normalized spacial score (nSPS) is 13.3. The van der Waals surface area contributed by atoms with Crippen LogP contribution >= 0.6 is 0 Å². The number of fused-ring (bicyclic) bond motifs is 2. The monoisotopic (exact) mass is 279 g/mol. The third-order valence-corrected chi connectivity index (χ3v) is 4.02. The molecule has 0 heterocycles. The molecule has 2 aromatic rings. The van der Waals surface area contributed by atoms with E-state index in [1.165, 1.54) is 28.5 Å². The lowest BCUT2D eigenvalue weighted by Crippen LogP contribution is -2.28. The van der Waals surface area contributed by atoms with Crippen LogP contribution < -0.4 is 5.32 Å². The van der Waals surface area contributed by atoms with Crippen molar-refractivity contribution in [3.63, 3.8) is 0 Å². The zero-order valence-electron chi connectivity index (χ0n) is 12.2. The first-order valence-corrected chi connectivity index (χ1v) is 7.51. The number of ether oxygens (including phenoxy) is 1. The minimum atomic E-state index is 0.287. The molecule has 0 radical (unpaired) electrons. The summed E-state index contributed by atoms with van der Waals surface area (Å²) in [5.41, 5.74) is 5.66. The summed E-state index contributed by atoms with van der Waals surface area (Å²) < 4.78 is 5.19. The van der Waals surface area contributed by atoms with Crippen molar-refractivity contribution in [1.29, 1.82) is 0 Å². The van der Waals surface area contributed by atoms with Crippen molar-refractivity contribution < 1.29 is 4.74 Å². The van der Waals surface area contributed by atoms with Gasteiger partial charge in [0.05, 0.1) is 18.9 Å². The first kappa shape index (κ1) is 13.9. The SMILES string of the molecule is C=COCCCNC1c2ccccc2Cc2ccccc21. The Morgan fingerprint density at radius 3 is 2.29 bits per heavy atom. The van der Waals surface area contributed by atoms with Gasteiger partial charge in [-0.25, -0.2) is 0 Å². The fourth-order valence-corrected chi connectivity index (χ4v) is 3.03. The van der Waals surface area contributed by atoms with Crippen molar-refractivity contribution in [3.8, 4) is 0 Å². The third-order valence-electron chi connectivity index (χ3n) is 4.02. The van der Waals surface area contributed by atoms with Crippen LogP contribution in [0.3, 0.4) is 0 Å². The van der Waals surface area contributed by atoms with Crippen LogP contribution in [0, 0.1) is 0 Å². The van der Waals surface area contributed by atoms with Crippen LogP contribution in [0.4, 0.5) is 0 Å². The molecule has 1 N–H and O–H groups in total. The van der Waals surface area contributed by atoms with Gasteiger partial charge in [0, 0.05) is 0 Å². The van der Waals surface area contributed by atoms with E-state index in [9.17, 15) is 0 Å². The van der Waals surface area contributed by atoms with Gasteiger partial charge in [0.25, 0.3) is 0 Å². The molecule has 0 aromatic heterocycles. The zero-order valence-corrected chi connectivity index (χ0v) is 12.2. The summed E-state index contributed by atoms with van der Waals surface area (Å²) in [6.07, 6.45) is 3.52. The Bertz CT molecular complexity index is 575. The van der Waals surface area contributed by atoms with Crippen LogP contribution in [0.15, 0.2) is 61.4 Å². The van der Waals surface area contributed by atoms with E-state index in [0.29, 0.717) is 6.61 Å². The zero-order chi connectivity index (χ0) is 14.5. The minimum Gasteiger partial charge on any atom is -0.502 e. The minimum absolute atomic E-state index is 0.287. The molecule has 1 aliphatic carbocycles. The van der Waals surface area contributed by atoms with E-state index in [2.05, 4.69) is 60.4 Å². The lowest BCUT2D eigenvalue weighted by Gasteiger charge is -2.29. The highest BCUT2D eigenvalue weighted by atomic mass is 16.5. The maximum atomic E-state index is 5.19. The largest absolute Gasteiger partial charge is 0.502 e. The van der Waals surface area contributed by atoms with Gasteiger partial charge >= 0.3 is 0 Å². The van der Waals surface area contributed by atoms with Gasteiger partial charge in [-0.1, -0.05) is 55.1 Å². The van der Waals surface area contributed by atoms with Crippen LogP contribution in [0.2, 0.25) is 0 Å². The molecule has 21 heavy (non-hydrogen) atoms. The Kier molecular flexibility index (Phi) is 4.37. The van der Waals surface area contributed by atoms with Gasteiger partial charge in [-0.2, -0.15) is 0 Å². The molecule has 3 rings (SSSR count). The maximum Gasteiger partial charge on any atom is 0.0885 e. The number of hydrogen-bond donors (Lipinski definition) is 1. The molecule has 0 aliphatic heterocycles. The van der Waals surface area contributed by atoms with Gasteiger partial charge in [0.1, 0.15) is 0 Å². The summed E-state index contributed by atoms with van der Waals surface area (Å²) in [4.78, 5) is 0. The lowest BCUT2D eigenvalue weighted by molar-refractivity contribution is 0.243. The molecule has 1 aliphatic rings. The average Bonchev–Trinajstić information content (AvgIpc) is 2.53. The van der Waals surface area contributed by atoms with Crippen LogP contribution in [-0.2, 0) is 11.2 Å². The van der Waals surface area contributed by atoms with Crippen molar-refractivity contribution in [1.82, 2.24) is 5.32 Å². The number of benzene rings is 2. The Morgan fingerprint density at radius 2 is 1.67 bits per heavy atom. The Balaban J connectivity index is 1.80. The number of rotatable bonds is 6. The van der Waals surface area contributed by atoms with Crippen LogP contribution in [0.1, 0.15) is 34.7 Å². The van der Waals surface area contributed by atoms with E-state index in [1.807, 2.05) is 0 Å². The summed E-state index contributed by atoms with van der Waals surface area (Å²) in [6, 6.07) is 17.7.